The first-order chi connectivity index (χ1) is 10.1. The summed E-state index contributed by atoms with van der Waals surface area (Å²) in [4.78, 5) is 2.48. The van der Waals surface area contributed by atoms with Gasteiger partial charge in [0, 0.05) is 25.7 Å². The van der Waals surface area contributed by atoms with Gasteiger partial charge in [-0.05, 0) is 29.9 Å². The van der Waals surface area contributed by atoms with Crippen molar-refractivity contribution in [3.8, 4) is 0 Å². The molecule has 0 aromatic heterocycles. The van der Waals surface area contributed by atoms with Gasteiger partial charge in [0.25, 0.3) is 0 Å². The molecule has 1 heterocycles. The lowest BCUT2D eigenvalue weighted by Gasteiger charge is -2.38. The van der Waals surface area contributed by atoms with Gasteiger partial charge >= 0.3 is 0 Å². The number of rotatable bonds is 6. The molecule has 0 saturated carbocycles. The smallest absolute Gasteiger partial charge is 0.0700 e. The lowest BCUT2D eigenvalue weighted by atomic mass is 9.98. The van der Waals surface area contributed by atoms with Crippen molar-refractivity contribution < 1.29 is 4.74 Å². The molecule has 0 radical (unpaired) electrons. The van der Waals surface area contributed by atoms with Gasteiger partial charge in [-0.2, -0.15) is 0 Å². The Kier molecular flexibility index (Phi) is 6.22. The molecular weight excluding hydrogens is 260 g/mol. The van der Waals surface area contributed by atoms with Crippen LogP contribution in [0.1, 0.15) is 44.4 Å². The summed E-state index contributed by atoms with van der Waals surface area (Å²) < 4.78 is 5.77. The Morgan fingerprint density at radius 3 is 2.57 bits per heavy atom. The zero-order chi connectivity index (χ0) is 15.2. The lowest BCUT2D eigenvalue weighted by molar-refractivity contribution is -0.0437. The maximum atomic E-state index is 6.06. The zero-order valence-electron chi connectivity index (χ0n) is 13.7. The van der Waals surface area contributed by atoms with Crippen LogP contribution in [0.2, 0.25) is 0 Å². The summed E-state index contributed by atoms with van der Waals surface area (Å²) in [5.41, 5.74) is 8.81. The summed E-state index contributed by atoms with van der Waals surface area (Å²) in [6.07, 6.45) is 2.57. The van der Waals surface area contributed by atoms with Crippen LogP contribution in [0.4, 0.5) is 0 Å². The topological polar surface area (TPSA) is 38.5 Å². The Morgan fingerprint density at radius 2 is 2.00 bits per heavy atom. The molecule has 1 fully saturated rings. The van der Waals surface area contributed by atoms with Gasteiger partial charge in [0.1, 0.15) is 0 Å². The molecule has 1 aromatic carbocycles. The second kappa shape index (κ2) is 7.92. The molecule has 3 heteroatoms. The van der Waals surface area contributed by atoms with E-state index in [1.807, 2.05) is 0 Å². The van der Waals surface area contributed by atoms with E-state index in [0.717, 1.165) is 32.5 Å². The van der Waals surface area contributed by atoms with Crippen LogP contribution in [-0.2, 0) is 11.2 Å². The van der Waals surface area contributed by atoms with Crippen LogP contribution in [0.15, 0.2) is 24.3 Å². The monoisotopic (exact) mass is 290 g/mol. The second-order valence-electron chi connectivity index (χ2n) is 6.49. The van der Waals surface area contributed by atoms with E-state index in [1.165, 1.54) is 11.1 Å². The summed E-state index contributed by atoms with van der Waals surface area (Å²) in [5.74, 6) is 0.700. The average Bonchev–Trinajstić information content (AvgIpc) is 2.49. The van der Waals surface area contributed by atoms with Crippen molar-refractivity contribution in [3.63, 3.8) is 0 Å². The van der Waals surface area contributed by atoms with E-state index in [4.69, 9.17) is 10.5 Å². The predicted molar refractivity (Wildman–Crippen MR) is 88.4 cm³/mol. The van der Waals surface area contributed by atoms with Gasteiger partial charge in [0.15, 0.2) is 0 Å². The number of ether oxygens (including phenoxy) is 1. The Balaban J connectivity index is 2.06. The van der Waals surface area contributed by atoms with Crippen LogP contribution >= 0.6 is 0 Å². The van der Waals surface area contributed by atoms with E-state index in [1.54, 1.807) is 0 Å². The number of hydrogen-bond donors (Lipinski definition) is 1. The maximum absolute atomic E-state index is 6.06. The number of hydrogen-bond acceptors (Lipinski definition) is 3. The highest BCUT2D eigenvalue weighted by Crippen LogP contribution is 2.24. The zero-order valence-corrected chi connectivity index (χ0v) is 13.7. The van der Waals surface area contributed by atoms with Crippen molar-refractivity contribution in [2.45, 2.75) is 45.8 Å². The minimum Gasteiger partial charge on any atom is -0.376 e. The molecule has 0 aliphatic carbocycles. The molecule has 1 aromatic rings. The van der Waals surface area contributed by atoms with E-state index < -0.39 is 0 Å². The predicted octanol–water partition coefficient (Wildman–Crippen LogP) is 3.00. The van der Waals surface area contributed by atoms with Crippen LogP contribution < -0.4 is 5.73 Å². The summed E-state index contributed by atoms with van der Waals surface area (Å²) in [7, 11) is 0. The van der Waals surface area contributed by atoms with Gasteiger partial charge in [-0.15, -0.1) is 0 Å². The SMILES string of the molecule is CCC1CN(C(CN)c2ccc(CC(C)C)cc2)CCO1. The molecule has 0 bridgehead atoms. The molecule has 2 rings (SSSR count). The van der Waals surface area contributed by atoms with E-state index >= 15 is 0 Å². The van der Waals surface area contributed by atoms with Crippen LogP contribution in [-0.4, -0.2) is 37.2 Å². The number of nitrogens with zero attached hydrogens (tertiary/aromatic N) is 1. The van der Waals surface area contributed by atoms with Gasteiger partial charge in [-0.1, -0.05) is 45.0 Å². The molecule has 21 heavy (non-hydrogen) atoms. The highest BCUT2D eigenvalue weighted by molar-refractivity contribution is 5.26. The van der Waals surface area contributed by atoms with Crippen molar-refractivity contribution >= 4 is 0 Å². The third kappa shape index (κ3) is 4.53. The van der Waals surface area contributed by atoms with Crippen molar-refractivity contribution in [3.05, 3.63) is 35.4 Å². The van der Waals surface area contributed by atoms with Gasteiger partial charge < -0.3 is 10.5 Å². The van der Waals surface area contributed by atoms with Gasteiger partial charge in [0.05, 0.1) is 12.7 Å². The van der Waals surface area contributed by atoms with Crippen LogP contribution in [0, 0.1) is 5.92 Å². The molecule has 2 atom stereocenters. The maximum Gasteiger partial charge on any atom is 0.0700 e. The fourth-order valence-electron chi connectivity index (χ4n) is 3.12. The summed E-state index contributed by atoms with van der Waals surface area (Å²) in [6, 6.07) is 9.35. The van der Waals surface area contributed by atoms with Crippen LogP contribution in [0.3, 0.4) is 0 Å². The largest absolute Gasteiger partial charge is 0.376 e. The van der Waals surface area contributed by atoms with E-state index in [2.05, 4.69) is 49.9 Å². The second-order valence-corrected chi connectivity index (χ2v) is 6.49. The Bertz CT molecular complexity index is 416. The standard InChI is InChI=1S/C18H30N2O/c1-4-17-13-20(9-10-21-17)18(12-19)16-7-5-15(6-8-16)11-14(2)3/h5-8,14,17-18H,4,9-13,19H2,1-3H3. The van der Waals surface area contributed by atoms with Crippen molar-refractivity contribution in [1.29, 1.82) is 0 Å². The molecule has 0 amide bonds. The first kappa shape index (κ1) is 16.5. The summed E-state index contributed by atoms with van der Waals surface area (Å²) in [5, 5.41) is 0. The highest BCUT2D eigenvalue weighted by Gasteiger charge is 2.25. The van der Waals surface area contributed by atoms with Gasteiger partial charge in [-0.3, -0.25) is 4.90 Å². The van der Waals surface area contributed by atoms with Crippen molar-refractivity contribution in [2.24, 2.45) is 11.7 Å². The molecule has 1 saturated heterocycles. The molecule has 118 valence electrons. The third-order valence-electron chi connectivity index (χ3n) is 4.30. The van der Waals surface area contributed by atoms with Gasteiger partial charge in [-0.25, -0.2) is 0 Å². The fourth-order valence-corrected chi connectivity index (χ4v) is 3.12. The fraction of sp³-hybridized carbons (Fsp3) is 0.667. The van der Waals surface area contributed by atoms with E-state index in [0.29, 0.717) is 24.6 Å². The first-order valence-corrected chi connectivity index (χ1v) is 8.28. The Morgan fingerprint density at radius 1 is 1.29 bits per heavy atom. The van der Waals surface area contributed by atoms with E-state index in [9.17, 15) is 0 Å². The van der Waals surface area contributed by atoms with Crippen molar-refractivity contribution in [1.82, 2.24) is 4.90 Å². The van der Waals surface area contributed by atoms with Crippen molar-refractivity contribution in [2.75, 3.05) is 26.2 Å². The van der Waals surface area contributed by atoms with Gasteiger partial charge in [0.2, 0.25) is 0 Å². The summed E-state index contributed by atoms with van der Waals surface area (Å²) >= 11 is 0. The molecular formula is C18H30N2O. The molecule has 1 aliphatic rings. The quantitative estimate of drug-likeness (QED) is 0.875. The number of benzene rings is 1. The van der Waals surface area contributed by atoms with Crippen LogP contribution in [0.5, 0.6) is 0 Å². The molecule has 2 unspecified atom stereocenters. The molecule has 1 aliphatic heterocycles. The highest BCUT2D eigenvalue weighted by atomic mass is 16.5. The molecule has 2 N–H and O–H groups in total. The van der Waals surface area contributed by atoms with E-state index in [-0.39, 0.29) is 0 Å². The molecule has 3 nitrogen and oxygen atoms in total. The first-order valence-electron chi connectivity index (χ1n) is 8.28. The average molecular weight is 290 g/mol. The van der Waals surface area contributed by atoms with Crippen LogP contribution in [0.25, 0.3) is 0 Å². The third-order valence-corrected chi connectivity index (χ3v) is 4.30. The lowest BCUT2D eigenvalue weighted by Crippen LogP contribution is -2.46. The Labute approximate surface area is 129 Å². The molecule has 0 spiro atoms. The minimum atomic E-state index is 0.316. The minimum absolute atomic E-state index is 0.316. The number of nitrogens with two attached hydrogens (primary N) is 1. The normalized spacial score (nSPS) is 21.7. The number of morpholine rings is 1. The Hall–Kier alpha value is -0.900. The summed E-state index contributed by atoms with van der Waals surface area (Å²) in [6.45, 7) is 10.2.